The minimum atomic E-state index is 0.0881. The third-order valence-electron chi connectivity index (χ3n) is 6.37. The predicted octanol–water partition coefficient (Wildman–Crippen LogP) is 8.64. The molecule has 1 aliphatic heterocycles. The molecule has 4 aromatic carbocycles. The third kappa shape index (κ3) is 4.53. The Labute approximate surface area is 219 Å². The number of benzene rings is 4. The molecule has 6 heteroatoms. The Morgan fingerprint density at radius 2 is 1.58 bits per heavy atom. The van der Waals surface area contributed by atoms with Gasteiger partial charge in [0.15, 0.2) is 0 Å². The van der Waals surface area contributed by atoms with Crippen molar-refractivity contribution in [1.29, 1.82) is 0 Å². The number of hydrogen-bond acceptors (Lipinski definition) is 4. The summed E-state index contributed by atoms with van der Waals surface area (Å²) in [7, 11) is 0. The fraction of sp³-hybridized carbons (Fsp3) is 0.0667. The summed E-state index contributed by atoms with van der Waals surface area (Å²) in [5, 5.41) is 13.2. The molecule has 0 spiro atoms. The Morgan fingerprint density at radius 1 is 0.778 bits per heavy atom. The maximum Gasteiger partial charge on any atom is 0.0831 e. The van der Waals surface area contributed by atoms with Gasteiger partial charge in [-0.15, -0.1) is 0 Å². The molecule has 176 valence electrons. The molecular weight excluding hydrogens is 487 g/mol. The van der Waals surface area contributed by atoms with Gasteiger partial charge in [-0.25, -0.2) is 0 Å². The molecule has 1 atom stereocenters. The molecule has 0 fully saturated rings. The normalized spacial score (nSPS) is 15.2. The Balaban J connectivity index is 1.33. The van der Waals surface area contributed by atoms with Crippen LogP contribution in [0, 0.1) is 0 Å². The van der Waals surface area contributed by atoms with Crippen LogP contribution in [0.25, 0.3) is 10.9 Å². The molecule has 0 saturated carbocycles. The van der Waals surface area contributed by atoms with Gasteiger partial charge in [-0.1, -0.05) is 65.7 Å². The van der Waals surface area contributed by atoms with Gasteiger partial charge in [0.2, 0.25) is 0 Å². The Kier molecular flexibility index (Phi) is 6.06. The molecule has 0 saturated heterocycles. The van der Waals surface area contributed by atoms with Crippen LogP contribution in [-0.4, -0.2) is 10.7 Å². The first kappa shape index (κ1) is 22.6. The van der Waals surface area contributed by atoms with Crippen LogP contribution in [0.2, 0.25) is 10.0 Å². The van der Waals surface area contributed by atoms with Crippen molar-refractivity contribution in [3.63, 3.8) is 0 Å². The molecule has 1 aromatic heterocycles. The fourth-order valence-corrected chi connectivity index (χ4v) is 4.90. The van der Waals surface area contributed by atoms with Crippen molar-refractivity contribution >= 4 is 56.9 Å². The highest BCUT2D eigenvalue weighted by atomic mass is 35.5. The lowest BCUT2D eigenvalue weighted by Crippen LogP contribution is -2.18. The summed E-state index contributed by atoms with van der Waals surface area (Å²) < 4.78 is 0. The minimum Gasteiger partial charge on any atom is -0.355 e. The van der Waals surface area contributed by atoms with Gasteiger partial charge in [0.25, 0.3) is 0 Å². The standard InChI is InChI=1S/C30H22Cl2N4/c31-22-11-9-20(10-12-22)30-19-28(35-36(30)25-7-2-1-3-8-25)21-5-4-6-24(17-21)34-27-15-16-33-29-18-23(32)13-14-26(27)29/h1-18,30H,19H2,(H,33,34). The van der Waals surface area contributed by atoms with E-state index in [1.54, 1.807) is 6.20 Å². The molecule has 36 heavy (non-hydrogen) atoms. The number of pyridine rings is 1. The van der Waals surface area contributed by atoms with Crippen LogP contribution in [0.3, 0.4) is 0 Å². The second kappa shape index (κ2) is 9.65. The molecule has 0 radical (unpaired) electrons. The zero-order chi connectivity index (χ0) is 24.5. The SMILES string of the molecule is Clc1ccc(C2CC(c3cccc(Nc4ccnc5cc(Cl)ccc45)c3)=NN2c2ccccc2)cc1. The monoisotopic (exact) mass is 508 g/mol. The van der Waals surface area contributed by atoms with Crippen LogP contribution in [0.15, 0.2) is 114 Å². The smallest absolute Gasteiger partial charge is 0.0831 e. The second-order valence-electron chi connectivity index (χ2n) is 8.72. The summed E-state index contributed by atoms with van der Waals surface area (Å²) in [6.07, 6.45) is 2.58. The first-order valence-electron chi connectivity index (χ1n) is 11.7. The quantitative estimate of drug-likeness (QED) is 0.258. The van der Waals surface area contributed by atoms with E-state index in [0.717, 1.165) is 50.7 Å². The number of fused-ring (bicyclic) bond motifs is 1. The lowest BCUT2D eigenvalue weighted by atomic mass is 9.98. The van der Waals surface area contributed by atoms with E-state index in [1.807, 2.05) is 54.6 Å². The van der Waals surface area contributed by atoms with E-state index in [4.69, 9.17) is 28.3 Å². The number of rotatable bonds is 5. The molecule has 1 unspecified atom stereocenters. The van der Waals surface area contributed by atoms with Gasteiger partial charge < -0.3 is 5.32 Å². The van der Waals surface area contributed by atoms with Crippen LogP contribution in [0.1, 0.15) is 23.6 Å². The zero-order valence-corrected chi connectivity index (χ0v) is 20.8. The summed E-state index contributed by atoms with van der Waals surface area (Å²) >= 11 is 12.3. The lowest BCUT2D eigenvalue weighted by Gasteiger charge is -2.24. The van der Waals surface area contributed by atoms with E-state index in [-0.39, 0.29) is 6.04 Å². The zero-order valence-electron chi connectivity index (χ0n) is 19.3. The minimum absolute atomic E-state index is 0.0881. The fourth-order valence-electron chi connectivity index (χ4n) is 4.61. The number of halogens is 2. The molecule has 0 aliphatic carbocycles. The van der Waals surface area contributed by atoms with Gasteiger partial charge in [-0.2, -0.15) is 5.10 Å². The molecular formula is C30H22Cl2N4. The summed E-state index contributed by atoms with van der Waals surface area (Å²) in [5.74, 6) is 0. The highest BCUT2D eigenvalue weighted by Gasteiger charge is 2.30. The molecule has 2 heterocycles. The largest absolute Gasteiger partial charge is 0.355 e. The Bertz CT molecular complexity index is 1570. The van der Waals surface area contributed by atoms with Crippen LogP contribution in [0.5, 0.6) is 0 Å². The first-order chi connectivity index (χ1) is 17.6. The van der Waals surface area contributed by atoms with Crippen LogP contribution in [-0.2, 0) is 0 Å². The van der Waals surface area contributed by atoms with E-state index in [2.05, 4.69) is 63.8 Å². The number of anilines is 3. The van der Waals surface area contributed by atoms with Gasteiger partial charge in [0.05, 0.1) is 23.0 Å². The lowest BCUT2D eigenvalue weighted by molar-refractivity contribution is 0.709. The average molecular weight is 509 g/mol. The topological polar surface area (TPSA) is 40.5 Å². The number of nitrogens with zero attached hydrogens (tertiary/aromatic N) is 3. The first-order valence-corrected chi connectivity index (χ1v) is 12.5. The average Bonchev–Trinajstić information content (AvgIpc) is 3.35. The summed E-state index contributed by atoms with van der Waals surface area (Å²) in [6, 6.07) is 34.5. The van der Waals surface area contributed by atoms with Gasteiger partial charge >= 0.3 is 0 Å². The van der Waals surface area contributed by atoms with E-state index in [1.165, 1.54) is 5.56 Å². The Morgan fingerprint density at radius 3 is 2.42 bits per heavy atom. The number of hydrogen-bond donors (Lipinski definition) is 1. The van der Waals surface area contributed by atoms with Crippen molar-refractivity contribution in [2.75, 3.05) is 10.3 Å². The summed E-state index contributed by atoms with van der Waals surface area (Å²) in [5.41, 5.74) is 7.17. The molecule has 5 aromatic rings. The van der Waals surface area contributed by atoms with Crippen molar-refractivity contribution in [3.05, 3.63) is 130 Å². The number of para-hydroxylation sites is 1. The van der Waals surface area contributed by atoms with E-state index in [0.29, 0.717) is 5.02 Å². The maximum absolute atomic E-state index is 6.16. The van der Waals surface area contributed by atoms with Gasteiger partial charge in [0.1, 0.15) is 0 Å². The number of aromatic nitrogens is 1. The third-order valence-corrected chi connectivity index (χ3v) is 6.85. The number of hydrazone groups is 1. The van der Waals surface area contributed by atoms with E-state index >= 15 is 0 Å². The van der Waals surface area contributed by atoms with Crippen molar-refractivity contribution in [3.8, 4) is 0 Å². The maximum atomic E-state index is 6.16. The second-order valence-corrected chi connectivity index (χ2v) is 9.60. The highest BCUT2D eigenvalue weighted by Crippen LogP contribution is 2.37. The van der Waals surface area contributed by atoms with Crippen LogP contribution >= 0.6 is 23.2 Å². The number of nitrogens with one attached hydrogen (secondary N) is 1. The van der Waals surface area contributed by atoms with Crippen LogP contribution in [0.4, 0.5) is 17.1 Å². The molecule has 1 aliphatic rings. The summed E-state index contributed by atoms with van der Waals surface area (Å²) in [6.45, 7) is 0. The molecule has 0 bridgehead atoms. The predicted molar refractivity (Wildman–Crippen MR) is 151 cm³/mol. The van der Waals surface area contributed by atoms with Crippen molar-refractivity contribution in [1.82, 2.24) is 4.98 Å². The van der Waals surface area contributed by atoms with E-state index in [9.17, 15) is 0 Å². The highest BCUT2D eigenvalue weighted by molar-refractivity contribution is 6.31. The van der Waals surface area contributed by atoms with Crippen LogP contribution < -0.4 is 10.3 Å². The Hall–Kier alpha value is -3.86. The van der Waals surface area contributed by atoms with Gasteiger partial charge in [-0.05, 0) is 71.8 Å². The van der Waals surface area contributed by atoms with Crippen molar-refractivity contribution < 1.29 is 0 Å². The molecule has 4 nitrogen and oxygen atoms in total. The summed E-state index contributed by atoms with van der Waals surface area (Å²) in [4.78, 5) is 4.45. The van der Waals surface area contributed by atoms with Crippen molar-refractivity contribution in [2.45, 2.75) is 12.5 Å². The van der Waals surface area contributed by atoms with Gasteiger partial charge in [0, 0.05) is 39.4 Å². The van der Waals surface area contributed by atoms with Crippen molar-refractivity contribution in [2.24, 2.45) is 5.10 Å². The molecule has 1 N–H and O–H groups in total. The van der Waals surface area contributed by atoms with E-state index < -0.39 is 0 Å². The molecule has 0 amide bonds. The van der Waals surface area contributed by atoms with Gasteiger partial charge in [-0.3, -0.25) is 9.99 Å². The molecule has 6 rings (SSSR count).